The molecule has 0 radical (unpaired) electrons. The van der Waals surface area contributed by atoms with Crippen LogP contribution in [0.2, 0.25) is 0 Å². The zero-order valence-electron chi connectivity index (χ0n) is 12.5. The monoisotopic (exact) mass is 256 g/mol. The van der Waals surface area contributed by atoms with Gasteiger partial charge in [0.25, 0.3) is 0 Å². The van der Waals surface area contributed by atoms with Gasteiger partial charge in [-0.15, -0.1) is 0 Å². The summed E-state index contributed by atoms with van der Waals surface area (Å²) < 4.78 is 10.2. The van der Waals surface area contributed by atoms with Crippen molar-refractivity contribution in [1.29, 1.82) is 0 Å². The summed E-state index contributed by atoms with van der Waals surface area (Å²) in [6, 6.07) is 0. The molecule has 2 aliphatic heterocycles. The molecule has 18 heavy (non-hydrogen) atoms. The first-order valence-corrected chi connectivity index (χ1v) is 8.10. The summed E-state index contributed by atoms with van der Waals surface area (Å²) in [7, 11) is 0. The van der Waals surface area contributed by atoms with Gasteiger partial charge in [0.05, 0.1) is 25.4 Å². The third-order valence-electron chi connectivity index (χ3n) is 3.56. The number of hydrogen-bond donors (Lipinski definition) is 0. The summed E-state index contributed by atoms with van der Waals surface area (Å²) in [6.07, 6.45) is 14.9. The van der Waals surface area contributed by atoms with Crippen molar-refractivity contribution in [1.82, 2.24) is 0 Å². The van der Waals surface area contributed by atoms with Gasteiger partial charge in [0.15, 0.2) is 0 Å². The van der Waals surface area contributed by atoms with Gasteiger partial charge in [-0.05, 0) is 12.8 Å². The highest BCUT2D eigenvalue weighted by molar-refractivity contribution is 4.68. The van der Waals surface area contributed by atoms with Crippen LogP contribution in [0, 0.1) is 0 Å². The van der Waals surface area contributed by atoms with E-state index in [9.17, 15) is 0 Å². The second-order valence-electron chi connectivity index (χ2n) is 5.61. The molecule has 0 aromatic rings. The Morgan fingerprint density at radius 2 is 1.06 bits per heavy atom. The molecule has 2 aliphatic rings. The minimum atomic E-state index is 0.654. The molecule has 0 aliphatic carbocycles. The lowest BCUT2D eigenvalue weighted by Gasteiger charge is -1.93. The van der Waals surface area contributed by atoms with Crippen molar-refractivity contribution >= 4 is 0 Å². The first kappa shape index (κ1) is 16.0. The van der Waals surface area contributed by atoms with Gasteiger partial charge < -0.3 is 9.47 Å². The Hall–Kier alpha value is -0.0800. The first-order valence-electron chi connectivity index (χ1n) is 8.10. The van der Waals surface area contributed by atoms with E-state index in [1.807, 2.05) is 0 Å². The molecule has 0 aromatic carbocycles. The van der Waals surface area contributed by atoms with E-state index < -0.39 is 0 Å². The molecule has 2 saturated heterocycles. The van der Waals surface area contributed by atoms with Gasteiger partial charge in [-0.2, -0.15) is 0 Å². The molecule has 0 bridgehead atoms. The molecule has 0 aromatic heterocycles. The normalized spacial score (nSPS) is 24.3. The van der Waals surface area contributed by atoms with Gasteiger partial charge in [0.1, 0.15) is 0 Å². The van der Waals surface area contributed by atoms with Crippen molar-refractivity contribution in [3.8, 4) is 0 Å². The van der Waals surface area contributed by atoms with E-state index in [1.54, 1.807) is 0 Å². The summed E-state index contributed by atoms with van der Waals surface area (Å²) in [4.78, 5) is 0. The quantitative estimate of drug-likeness (QED) is 0.418. The highest BCUT2D eigenvalue weighted by atomic mass is 16.6. The lowest BCUT2D eigenvalue weighted by atomic mass is 10.1. The Morgan fingerprint density at radius 1 is 0.667 bits per heavy atom. The largest absolute Gasteiger partial charge is 0.373 e. The van der Waals surface area contributed by atoms with E-state index in [2.05, 4.69) is 13.8 Å². The van der Waals surface area contributed by atoms with Gasteiger partial charge in [-0.3, -0.25) is 0 Å². The van der Waals surface area contributed by atoms with Crippen molar-refractivity contribution in [2.75, 3.05) is 13.2 Å². The molecule has 0 spiro atoms. The van der Waals surface area contributed by atoms with Gasteiger partial charge in [0.2, 0.25) is 0 Å². The maximum absolute atomic E-state index is 5.09. The van der Waals surface area contributed by atoms with E-state index in [0.29, 0.717) is 12.2 Å². The summed E-state index contributed by atoms with van der Waals surface area (Å²) >= 11 is 0. The molecule has 108 valence electrons. The standard InChI is InChI=1S/2C8H16O/c2*1-2-3-4-5-6-8-7-9-8/h2*8H,2-7H2,1H3/t8-;/m1./s1. The van der Waals surface area contributed by atoms with Crippen LogP contribution in [0.3, 0.4) is 0 Å². The average molecular weight is 256 g/mol. The van der Waals surface area contributed by atoms with Crippen LogP contribution < -0.4 is 0 Å². The fraction of sp³-hybridized carbons (Fsp3) is 1.00. The van der Waals surface area contributed by atoms with Crippen molar-refractivity contribution in [2.45, 2.75) is 90.3 Å². The number of hydrogen-bond acceptors (Lipinski definition) is 2. The first-order chi connectivity index (χ1) is 8.86. The Kier molecular flexibility index (Phi) is 9.59. The van der Waals surface area contributed by atoms with Gasteiger partial charge >= 0.3 is 0 Å². The van der Waals surface area contributed by atoms with Crippen LogP contribution in [0.1, 0.15) is 78.1 Å². The third kappa shape index (κ3) is 11.0. The highest BCUT2D eigenvalue weighted by Crippen LogP contribution is 2.17. The molecule has 2 heteroatoms. The van der Waals surface area contributed by atoms with Crippen molar-refractivity contribution in [3.63, 3.8) is 0 Å². The zero-order chi connectivity index (χ0) is 13.1. The van der Waals surface area contributed by atoms with Crippen LogP contribution in [0.4, 0.5) is 0 Å². The second kappa shape index (κ2) is 10.8. The summed E-state index contributed by atoms with van der Waals surface area (Å²) in [5.74, 6) is 0. The molecule has 2 rings (SSSR count). The fourth-order valence-electron chi connectivity index (χ4n) is 2.07. The van der Waals surface area contributed by atoms with Crippen LogP contribution in [0.25, 0.3) is 0 Å². The minimum absolute atomic E-state index is 0.654. The Balaban J connectivity index is 0.000000180. The number of epoxide rings is 2. The van der Waals surface area contributed by atoms with E-state index in [0.717, 1.165) is 13.2 Å². The molecular formula is C16H32O2. The predicted octanol–water partition coefficient (Wildman–Crippen LogP) is 4.71. The molecule has 0 amide bonds. The molecule has 2 fully saturated rings. The second-order valence-corrected chi connectivity index (χ2v) is 5.61. The Labute approximate surface area is 113 Å². The molecule has 0 N–H and O–H groups in total. The number of ether oxygens (including phenoxy) is 2. The van der Waals surface area contributed by atoms with E-state index in [-0.39, 0.29) is 0 Å². The molecule has 2 atom stereocenters. The van der Waals surface area contributed by atoms with Crippen molar-refractivity contribution in [3.05, 3.63) is 0 Å². The van der Waals surface area contributed by atoms with Crippen LogP contribution in [-0.4, -0.2) is 25.4 Å². The Bertz CT molecular complexity index is 154. The molecule has 2 nitrogen and oxygen atoms in total. The fourth-order valence-corrected chi connectivity index (χ4v) is 2.07. The lowest BCUT2D eigenvalue weighted by molar-refractivity contribution is 0.388. The third-order valence-corrected chi connectivity index (χ3v) is 3.56. The van der Waals surface area contributed by atoms with Crippen LogP contribution in [0.5, 0.6) is 0 Å². The van der Waals surface area contributed by atoms with Crippen molar-refractivity contribution < 1.29 is 9.47 Å². The van der Waals surface area contributed by atoms with Crippen LogP contribution in [-0.2, 0) is 9.47 Å². The molecule has 2 heterocycles. The summed E-state index contributed by atoms with van der Waals surface area (Å²) in [5, 5.41) is 0. The Morgan fingerprint density at radius 3 is 1.33 bits per heavy atom. The summed E-state index contributed by atoms with van der Waals surface area (Å²) in [6.45, 7) is 6.56. The van der Waals surface area contributed by atoms with E-state index >= 15 is 0 Å². The average Bonchev–Trinajstić information content (AvgIpc) is 3.26. The number of unbranched alkanes of at least 4 members (excludes halogenated alkanes) is 6. The molecular weight excluding hydrogens is 224 g/mol. The maximum Gasteiger partial charge on any atom is 0.0810 e. The van der Waals surface area contributed by atoms with Crippen LogP contribution in [0.15, 0.2) is 0 Å². The van der Waals surface area contributed by atoms with Gasteiger partial charge in [-0.1, -0.05) is 65.2 Å². The van der Waals surface area contributed by atoms with E-state index in [1.165, 1.54) is 64.2 Å². The van der Waals surface area contributed by atoms with Gasteiger partial charge in [0, 0.05) is 0 Å². The minimum Gasteiger partial charge on any atom is -0.373 e. The molecule has 0 saturated carbocycles. The smallest absolute Gasteiger partial charge is 0.0810 e. The van der Waals surface area contributed by atoms with Crippen molar-refractivity contribution in [2.24, 2.45) is 0 Å². The SMILES string of the molecule is CCCCCCC1CO1.CCCCCC[C@@H]1CO1. The van der Waals surface area contributed by atoms with Crippen LogP contribution >= 0.6 is 0 Å². The van der Waals surface area contributed by atoms with Gasteiger partial charge in [-0.25, -0.2) is 0 Å². The summed E-state index contributed by atoms with van der Waals surface area (Å²) in [5.41, 5.74) is 0. The maximum atomic E-state index is 5.09. The van der Waals surface area contributed by atoms with E-state index in [4.69, 9.17) is 9.47 Å². The molecule has 1 unspecified atom stereocenters. The topological polar surface area (TPSA) is 25.1 Å². The zero-order valence-corrected chi connectivity index (χ0v) is 12.5. The highest BCUT2D eigenvalue weighted by Gasteiger charge is 2.21. The number of rotatable bonds is 10. The predicted molar refractivity (Wildman–Crippen MR) is 77.0 cm³/mol. The lowest BCUT2D eigenvalue weighted by Crippen LogP contribution is -1.84.